The van der Waals surface area contributed by atoms with Crippen LogP contribution >= 0.6 is 0 Å². The van der Waals surface area contributed by atoms with Crippen molar-refractivity contribution in [2.45, 2.75) is 32.7 Å². The molecule has 0 radical (unpaired) electrons. The maximum absolute atomic E-state index is 11.8. The summed E-state index contributed by atoms with van der Waals surface area (Å²) in [5.41, 5.74) is 0. The molecule has 4 nitrogen and oxygen atoms in total. The number of carbonyl (C=O) groups excluding carboxylic acids is 2. The van der Waals surface area contributed by atoms with Gasteiger partial charge in [-0.15, -0.1) is 0 Å². The van der Waals surface area contributed by atoms with Gasteiger partial charge in [0.1, 0.15) is 6.04 Å². The van der Waals surface area contributed by atoms with Gasteiger partial charge in [-0.3, -0.25) is 4.79 Å². The lowest BCUT2D eigenvalue weighted by molar-refractivity contribution is -0.146. The largest absolute Gasteiger partial charge is 0.467 e. The van der Waals surface area contributed by atoms with E-state index in [2.05, 4.69) is 10.1 Å². The van der Waals surface area contributed by atoms with Crippen LogP contribution in [0.2, 0.25) is 0 Å². The number of hydrogen-bond donors (Lipinski definition) is 1. The Balaban J connectivity index is 2.54. The van der Waals surface area contributed by atoms with E-state index in [9.17, 15) is 9.59 Å². The molecule has 0 saturated heterocycles. The summed E-state index contributed by atoms with van der Waals surface area (Å²) in [5.74, 6) is -0.430. The van der Waals surface area contributed by atoms with Gasteiger partial charge in [-0.1, -0.05) is 26.0 Å². The number of methoxy groups -OCH3 is 1. The Morgan fingerprint density at radius 2 is 1.88 bits per heavy atom. The van der Waals surface area contributed by atoms with Crippen LogP contribution in [-0.2, 0) is 14.3 Å². The number of rotatable bonds is 4. The van der Waals surface area contributed by atoms with Gasteiger partial charge >= 0.3 is 5.97 Å². The summed E-state index contributed by atoms with van der Waals surface area (Å²) in [6, 6.07) is -0.543. The number of amides is 1. The van der Waals surface area contributed by atoms with Crippen LogP contribution in [0.15, 0.2) is 12.2 Å². The molecule has 0 fully saturated rings. The molecule has 1 rings (SSSR count). The van der Waals surface area contributed by atoms with Gasteiger partial charge in [0.25, 0.3) is 0 Å². The van der Waals surface area contributed by atoms with Crippen molar-refractivity contribution in [1.29, 1.82) is 0 Å². The van der Waals surface area contributed by atoms with Crippen LogP contribution in [0, 0.1) is 11.8 Å². The second kappa shape index (κ2) is 5.68. The Hall–Kier alpha value is -1.32. The normalized spacial score (nSPS) is 17.5. The first-order valence-electron chi connectivity index (χ1n) is 5.59. The molecule has 0 aliphatic heterocycles. The van der Waals surface area contributed by atoms with Crippen LogP contribution in [0.5, 0.6) is 0 Å². The van der Waals surface area contributed by atoms with Crippen LogP contribution in [0.1, 0.15) is 26.7 Å². The third-order valence-corrected chi connectivity index (χ3v) is 2.80. The molecule has 1 amide bonds. The minimum atomic E-state index is -0.543. The lowest BCUT2D eigenvalue weighted by atomic mass is 10.0. The minimum Gasteiger partial charge on any atom is -0.467 e. The molecule has 90 valence electrons. The molecule has 0 aromatic rings. The van der Waals surface area contributed by atoms with Gasteiger partial charge < -0.3 is 10.1 Å². The van der Waals surface area contributed by atoms with E-state index in [4.69, 9.17) is 0 Å². The van der Waals surface area contributed by atoms with Gasteiger partial charge in [0, 0.05) is 5.92 Å². The molecule has 1 aliphatic rings. The highest BCUT2D eigenvalue weighted by molar-refractivity contribution is 5.86. The molecular weight excluding hydrogens is 206 g/mol. The van der Waals surface area contributed by atoms with Gasteiger partial charge in [-0.2, -0.15) is 0 Å². The Labute approximate surface area is 96.0 Å². The highest BCUT2D eigenvalue weighted by Crippen LogP contribution is 2.18. The summed E-state index contributed by atoms with van der Waals surface area (Å²) in [4.78, 5) is 23.3. The zero-order chi connectivity index (χ0) is 12.1. The summed E-state index contributed by atoms with van der Waals surface area (Å²) < 4.78 is 4.67. The highest BCUT2D eigenvalue weighted by atomic mass is 16.5. The summed E-state index contributed by atoms with van der Waals surface area (Å²) in [6.45, 7) is 3.77. The van der Waals surface area contributed by atoms with Crippen molar-refractivity contribution in [2.24, 2.45) is 11.8 Å². The molecule has 0 saturated carbocycles. The predicted octanol–water partition coefficient (Wildman–Crippen LogP) is 1.27. The summed E-state index contributed by atoms with van der Waals surface area (Å²) in [7, 11) is 1.33. The Bertz CT molecular complexity index is 289. The molecule has 1 aliphatic carbocycles. The Morgan fingerprint density at radius 1 is 1.31 bits per heavy atom. The molecule has 0 heterocycles. The fraction of sp³-hybridized carbons (Fsp3) is 0.667. The van der Waals surface area contributed by atoms with Crippen LogP contribution in [0.4, 0.5) is 0 Å². The van der Waals surface area contributed by atoms with Gasteiger partial charge in [0.2, 0.25) is 5.91 Å². The molecule has 16 heavy (non-hydrogen) atoms. The molecule has 0 bridgehead atoms. The average molecular weight is 225 g/mol. The molecule has 4 heteroatoms. The molecule has 0 spiro atoms. The minimum absolute atomic E-state index is 0.0223. The number of hydrogen-bond acceptors (Lipinski definition) is 3. The summed E-state index contributed by atoms with van der Waals surface area (Å²) in [5, 5.41) is 2.76. The summed E-state index contributed by atoms with van der Waals surface area (Å²) in [6.07, 6.45) is 5.51. The molecular formula is C12H19NO3. The van der Waals surface area contributed by atoms with Crippen molar-refractivity contribution in [3.8, 4) is 0 Å². The third-order valence-electron chi connectivity index (χ3n) is 2.80. The topological polar surface area (TPSA) is 55.4 Å². The third kappa shape index (κ3) is 3.08. The van der Waals surface area contributed by atoms with E-state index in [-0.39, 0.29) is 23.7 Å². The van der Waals surface area contributed by atoms with Crippen LogP contribution < -0.4 is 5.32 Å². The zero-order valence-corrected chi connectivity index (χ0v) is 10.0. The van der Waals surface area contributed by atoms with Gasteiger partial charge in [-0.25, -0.2) is 4.79 Å². The standard InChI is InChI=1S/C12H19NO3/c1-8(2)10(12(15)16-3)13-11(14)9-6-4-5-7-9/h4-5,8-10H,6-7H2,1-3H3,(H,13,14). The van der Waals surface area contributed by atoms with E-state index in [0.29, 0.717) is 0 Å². The first-order valence-corrected chi connectivity index (χ1v) is 5.59. The molecule has 0 aromatic heterocycles. The fourth-order valence-electron chi connectivity index (χ4n) is 1.73. The zero-order valence-electron chi connectivity index (χ0n) is 10.0. The molecule has 0 aromatic carbocycles. The van der Waals surface area contributed by atoms with E-state index in [0.717, 1.165) is 12.8 Å². The Morgan fingerprint density at radius 3 is 2.31 bits per heavy atom. The van der Waals surface area contributed by atoms with Gasteiger partial charge in [0.15, 0.2) is 0 Å². The van der Waals surface area contributed by atoms with E-state index in [1.54, 1.807) is 0 Å². The first kappa shape index (κ1) is 12.7. The number of nitrogens with one attached hydrogen (secondary N) is 1. The van der Waals surface area contributed by atoms with E-state index >= 15 is 0 Å². The number of carbonyl (C=O) groups is 2. The number of esters is 1. The first-order chi connectivity index (χ1) is 7.56. The Kier molecular flexibility index (Phi) is 4.52. The number of allylic oxidation sites excluding steroid dienone is 2. The van der Waals surface area contributed by atoms with Crippen LogP contribution in [-0.4, -0.2) is 25.0 Å². The predicted molar refractivity (Wildman–Crippen MR) is 60.6 cm³/mol. The lowest BCUT2D eigenvalue weighted by Crippen LogP contribution is -2.46. The van der Waals surface area contributed by atoms with Crippen LogP contribution in [0.3, 0.4) is 0 Å². The van der Waals surface area contributed by atoms with E-state index < -0.39 is 6.04 Å². The molecule has 1 unspecified atom stereocenters. The second-order valence-electron chi connectivity index (χ2n) is 4.39. The van der Waals surface area contributed by atoms with Gasteiger partial charge in [0.05, 0.1) is 7.11 Å². The SMILES string of the molecule is COC(=O)C(NC(=O)C1CC=CC1)C(C)C. The highest BCUT2D eigenvalue weighted by Gasteiger charge is 2.28. The van der Waals surface area contributed by atoms with Crippen LogP contribution in [0.25, 0.3) is 0 Å². The monoisotopic (exact) mass is 225 g/mol. The van der Waals surface area contributed by atoms with Crippen molar-refractivity contribution in [3.63, 3.8) is 0 Å². The lowest BCUT2D eigenvalue weighted by Gasteiger charge is -2.21. The smallest absolute Gasteiger partial charge is 0.328 e. The number of ether oxygens (including phenoxy) is 1. The van der Waals surface area contributed by atoms with Crippen molar-refractivity contribution in [1.82, 2.24) is 5.32 Å². The van der Waals surface area contributed by atoms with Gasteiger partial charge in [-0.05, 0) is 18.8 Å². The summed E-state index contributed by atoms with van der Waals surface area (Å²) >= 11 is 0. The van der Waals surface area contributed by atoms with Crippen molar-refractivity contribution >= 4 is 11.9 Å². The second-order valence-corrected chi connectivity index (χ2v) is 4.39. The van der Waals surface area contributed by atoms with Crippen molar-refractivity contribution < 1.29 is 14.3 Å². The molecule has 1 atom stereocenters. The van der Waals surface area contributed by atoms with E-state index in [1.807, 2.05) is 26.0 Å². The maximum Gasteiger partial charge on any atom is 0.328 e. The maximum atomic E-state index is 11.8. The fourth-order valence-corrected chi connectivity index (χ4v) is 1.73. The van der Waals surface area contributed by atoms with E-state index in [1.165, 1.54) is 7.11 Å². The van der Waals surface area contributed by atoms with Crippen molar-refractivity contribution in [2.75, 3.05) is 7.11 Å². The molecule has 1 N–H and O–H groups in total. The quantitative estimate of drug-likeness (QED) is 0.579. The average Bonchev–Trinajstić information content (AvgIpc) is 2.77. The van der Waals surface area contributed by atoms with Crippen molar-refractivity contribution in [3.05, 3.63) is 12.2 Å².